The molecule has 96 valence electrons. The third kappa shape index (κ3) is 2.43. The molecular formula is C12H14ClF3O. The van der Waals surface area contributed by atoms with Gasteiger partial charge in [-0.2, -0.15) is 13.2 Å². The standard InChI is InChI=1S/C12H14ClF3O/c1-10(2,3)11(17,12(14,15)16)8-4-6-9(13)7-5-8/h4-7,17H,1-3H3. The van der Waals surface area contributed by atoms with Crippen LogP contribution < -0.4 is 0 Å². The van der Waals surface area contributed by atoms with Crippen LogP contribution in [0.3, 0.4) is 0 Å². The summed E-state index contributed by atoms with van der Waals surface area (Å²) in [4.78, 5) is 0. The lowest BCUT2D eigenvalue weighted by Crippen LogP contribution is -2.52. The Morgan fingerprint density at radius 3 is 1.71 bits per heavy atom. The molecule has 0 aliphatic heterocycles. The summed E-state index contributed by atoms with van der Waals surface area (Å²) in [6.07, 6.45) is -4.75. The van der Waals surface area contributed by atoms with Gasteiger partial charge in [0, 0.05) is 10.4 Å². The van der Waals surface area contributed by atoms with Gasteiger partial charge in [0.05, 0.1) is 0 Å². The van der Waals surface area contributed by atoms with E-state index >= 15 is 0 Å². The zero-order chi connectivity index (χ0) is 13.5. The molecule has 0 aromatic heterocycles. The molecule has 0 heterocycles. The Balaban J connectivity index is 3.41. The summed E-state index contributed by atoms with van der Waals surface area (Å²) < 4.78 is 39.3. The van der Waals surface area contributed by atoms with E-state index in [1.807, 2.05) is 0 Å². The van der Waals surface area contributed by atoms with Gasteiger partial charge in [-0.15, -0.1) is 0 Å². The minimum atomic E-state index is -4.75. The summed E-state index contributed by atoms with van der Waals surface area (Å²) >= 11 is 5.63. The van der Waals surface area contributed by atoms with Gasteiger partial charge in [0.15, 0.2) is 5.60 Å². The van der Waals surface area contributed by atoms with Crippen molar-refractivity contribution in [1.82, 2.24) is 0 Å². The summed E-state index contributed by atoms with van der Waals surface area (Å²) in [5.41, 5.74) is -4.48. The van der Waals surface area contributed by atoms with Gasteiger partial charge >= 0.3 is 6.18 Å². The van der Waals surface area contributed by atoms with Gasteiger partial charge in [0.2, 0.25) is 0 Å². The van der Waals surface area contributed by atoms with Crippen LogP contribution in [0, 0.1) is 5.41 Å². The lowest BCUT2D eigenvalue weighted by Gasteiger charge is -2.41. The molecule has 5 heteroatoms. The number of aliphatic hydroxyl groups is 1. The van der Waals surface area contributed by atoms with E-state index in [1.165, 1.54) is 45.0 Å². The van der Waals surface area contributed by atoms with Gasteiger partial charge in [0.1, 0.15) is 0 Å². The summed E-state index contributed by atoms with van der Waals surface area (Å²) in [6, 6.07) is 5.06. The van der Waals surface area contributed by atoms with Crippen LogP contribution in [0.15, 0.2) is 24.3 Å². The monoisotopic (exact) mass is 266 g/mol. The lowest BCUT2D eigenvalue weighted by molar-refractivity contribution is -0.302. The summed E-state index contributed by atoms with van der Waals surface area (Å²) in [5, 5.41) is 10.4. The first-order chi connectivity index (χ1) is 7.50. The van der Waals surface area contributed by atoms with Crippen LogP contribution in [0.1, 0.15) is 26.3 Å². The average molecular weight is 267 g/mol. The topological polar surface area (TPSA) is 20.2 Å². The maximum absolute atomic E-state index is 13.1. The molecule has 0 radical (unpaired) electrons. The average Bonchev–Trinajstić information content (AvgIpc) is 2.14. The van der Waals surface area contributed by atoms with Crippen LogP contribution in [0.4, 0.5) is 13.2 Å². The molecule has 1 aromatic rings. The Kier molecular flexibility index (Phi) is 3.52. The highest BCUT2D eigenvalue weighted by molar-refractivity contribution is 6.30. The predicted molar refractivity (Wildman–Crippen MR) is 60.9 cm³/mol. The largest absolute Gasteiger partial charge is 0.421 e. The molecule has 0 spiro atoms. The van der Waals surface area contributed by atoms with E-state index in [-0.39, 0.29) is 5.56 Å². The molecule has 0 saturated carbocycles. The Hall–Kier alpha value is -0.740. The SMILES string of the molecule is CC(C)(C)C(O)(c1ccc(Cl)cc1)C(F)(F)F. The van der Waals surface area contributed by atoms with E-state index in [1.54, 1.807) is 0 Å². The van der Waals surface area contributed by atoms with Crippen molar-refractivity contribution in [1.29, 1.82) is 0 Å². The zero-order valence-electron chi connectivity index (χ0n) is 9.77. The second-order valence-corrected chi connectivity index (χ2v) is 5.40. The predicted octanol–water partition coefficient (Wildman–Crippen LogP) is 4.14. The Morgan fingerprint density at radius 2 is 1.41 bits per heavy atom. The quantitative estimate of drug-likeness (QED) is 0.810. The molecule has 17 heavy (non-hydrogen) atoms. The van der Waals surface area contributed by atoms with Crippen molar-refractivity contribution >= 4 is 11.6 Å². The first-order valence-electron chi connectivity index (χ1n) is 5.05. The fourth-order valence-corrected chi connectivity index (χ4v) is 1.84. The molecular weight excluding hydrogens is 253 g/mol. The van der Waals surface area contributed by atoms with E-state index in [0.29, 0.717) is 5.02 Å². The van der Waals surface area contributed by atoms with Gasteiger partial charge in [0.25, 0.3) is 0 Å². The molecule has 0 fully saturated rings. The molecule has 1 N–H and O–H groups in total. The number of benzene rings is 1. The van der Waals surface area contributed by atoms with Crippen molar-refractivity contribution in [3.8, 4) is 0 Å². The van der Waals surface area contributed by atoms with Crippen molar-refractivity contribution in [3.63, 3.8) is 0 Å². The molecule has 0 saturated heterocycles. The van der Waals surface area contributed by atoms with Crippen molar-refractivity contribution < 1.29 is 18.3 Å². The van der Waals surface area contributed by atoms with Gasteiger partial charge < -0.3 is 5.11 Å². The zero-order valence-corrected chi connectivity index (χ0v) is 10.5. The second-order valence-electron chi connectivity index (χ2n) is 4.97. The van der Waals surface area contributed by atoms with Crippen molar-refractivity contribution in [2.45, 2.75) is 32.5 Å². The van der Waals surface area contributed by atoms with E-state index in [4.69, 9.17) is 11.6 Å². The number of hydrogen-bond donors (Lipinski definition) is 1. The fraction of sp³-hybridized carbons (Fsp3) is 0.500. The first kappa shape index (κ1) is 14.3. The molecule has 0 amide bonds. The molecule has 1 atom stereocenters. The van der Waals surface area contributed by atoms with Gasteiger partial charge in [-0.1, -0.05) is 44.5 Å². The van der Waals surface area contributed by atoms with Crippen LogP contribution >= 0.6 is 11.6 Å². The van der Waals surface area contributed by atoms with Crippen molar-refractivity contribution in [3.05, 3.63) is 34.9 Å². The summed E-state index contributed by atoms with van der Waals surface area (Å²) in [7, 11) is 0. The van der Waals surface area contributed by atoms with E-state index in [9.17, 15) is 18.3 Å². The highest BCUT2D eigenvalue weighted by Crippen LogP contribution is 2.50. The Labute approximate surface area is 103 Å². The molecule has 0 bridgehead atoms. The molecule has 1 unspecified atom stereocenters. The first-order valence-corrected chi connectivity index (χ1v) is 5.43. The number of alkyl halides is 3. The van der Waals surface area contributed by atoms with Crippen LogP contribution in [0.5, 0.6) is 0 Å². The number of hydrogen-bond acceptors (Lipinski definition) is 1. The maximum atomic E-state index is 13.1. The van der Waals surface area contributed by atoms with Gasteiger partial charge in [-0.25, -0.2) is 0 Å². The van der Waals surface area contributed by atoms with Crippen molar-refractivity contribution in [2.75, 3.05) is 0 Å². The highest BCUT2D eigenvalue weighted by atomic mass is 35.5. The smallest absolute Gasteiger partial charge is 0.376 e. The van der Waals surface area contributed by atoms with Crippen LogP contribution in [-0.4, -0.2) is 11.3 Å². The molecule has 1 aromatic carbocycles. The van der Waals surface area contributed by atoms with Crippen LogP contribution in [-0.2, 0) is 5.60 Å². The van der Waals surface area contributed by atoms with Gasteiger partial charge in [-0.05, 0) is 17.7 Å². The molecule has 0 aliphatic rings. The van der Waals surface area contributed by atoms with E-state index < -0.39 is 17.2 Å². The summed E-state index contributed by atoms with van der Waals surface area (Å²) in [5.74, 6) is 0. The summed E-state index contributed by atoms with van der Waals surface area (Å²) in [6.45, 7) is 4.03. The van der Waals surface area contributed by atoms with E-state index in [0.717, 1.165) is 0 Å². The Bertz CT molecular complexity index is 376. The molecule has 1 rings (SSSR count). The molecule has 0 aliphatic carbocycles. The number of rotatable bonds is 1. The normalized spacial score (nSPS) is 16.7. The van der Waals surface area contributed by atoms with Crippen LogP contribution in [0.2, 0.25) is 5.02 Å². The number of halogens is 4. The Morgan fingerprint density at radius 1 is 1.00 bits per heavy atom. The highest BCUT2D eigenvalue weighted by Gasteiger charge is 2.61. The molecule has 1 nitrogen and oxygen atoms in total. The van der Waals surface area contributed by atoms with Gasteiger partial charge in [-0.3, -0.25) is 0 Å². The second kappa shape index (κ2) is 4.18. The maximum Gasteiger partial charge on any atom is 0.421 e. The minimum absolute atomic E-state index is 0.207. The van der Waals surface area contributed by atoms with Crippen molar-refractivity contribution in [2.24, 2.45) is 5.41 Å². The lowest BCUT2D eigenvalue weighted by atomic mass is 9.71. The van der Waals surface area contributed by atoms with E-state index in [2.05, 4.69) is 0 Å². The fourth-order valence-electron chi connectivity index (χ4n) is 1.71. The van der Waals surface area contributed by atoms with Crippen LogP contribution in [0.25, 0.3) is 0 Å². The third-order valence-corrected chi connectivity index (χ3v) is 3.01. The third-order valence-electron chi connectivity index (χ3n) is 2.76. The minimum Gasteiger partial charge on any atom is -0.376 e.